The van der Waals surface area contributed by atoms with Gasteiger partial charge in [0.2, 0.25) is 0 Å². The van der Waals surface area contributed by atoms with Crippen LogP contribution in [0.1, 0.15) is 16.8 Å². The quantitative estimate of drug-likeness (QED) is 0.937. The van der Waals surface area contributed by atoms with E-state index in [-0.39, 0.29) is 25.5 Å². The SMILES string of the molecule is O=C(c1cnc(-c2ccccc2)nc1)N1C[C@@H](F)C[C@H]1CO. The summed E-state index contributed by atoms with van der Waals surface area (Å²) in [6.07, 6.45) is 1.96. The summed E-state index contributed by atoms with van der Waals surface area (Å²) in [5.41, 5.74) is 1.16. The van der Waals surface area contributed by atoms with Crippen molar-refractivity contribution in [2.75, 3.05) is 13.2 Å². The average molecular weight is 301 g/mol. The molecule has 0 bridgehead atoms. The van der Waals surface area contributed by atoms with Crippen molar-refractivity contribution < 1.29 is 14.3 Å². The zero-order valence-corrected chi connectivity index (χ0v) is 11.9. The van der Waals surface area contributed by atoms with Crippen molar-refractivity contribution in [1.82, 2.24) is 14.9 Å². The molecule has 5 nitrogen and oxygen atoms in total. The van der Waals surface area contributed by atoms with Crippen LogP contribution in [-0.2, 0) is 0 Å². The van der Waals surface area contributed by atoms with Crippen molar-refractivity contribution in [2.24, 2.45) is 0 Å². The summed E-state index contributed by atoms with van der Waals surface area (Å²) in [4.78, 5) is 22.1. The van der Waals surface area contributed by atoms with Gasteiger partial charge >= 0.3 is 0 Å². The van der Waals surface area contributed by atoms with Gasteiger partial charge in [-0.3, -0.25) is 4.79 Å². The number of halogens is 1. The van der Waals surface area contributed by atoms with E-state index in [4.69, 9.17) is 0 Å². The van der Waals surface area contributed by atoms with Crippen LogP contribution in [0.25, 0.3) is 11.4 Å². The minimum atomic E-state index is -1.09. The number of aromatic nitrogens is 2. The third-order valence-electron chi connectivity index (χ3n) is 3.77. The first-order valence-electron chi connectivity index (χ1n) is 7.12. The molecule has 2 heterocycles. The maximum atomic E-state index is 13.4. The second kappa shape index (κ2) is 6.19. The van der Waals surface area contributed by atoms with Crippen molar-refractivity contribution in [3.63, 3.8) is 0 Å². The van der Waals surface area contributed by atoms with Crippen molar-refractivity contribution in [3.8, 4) is 11.4 Å². The number of nitrogens with zero attached hydrogens (tertiary/aromatic N) is 3. The van der Waals surface area contributed by atoms with Crippen LogP contribution in [-0.4, -0.2) is 51.2 Å². The number of carbonyl (C=O) groups is 1. The van der Waals surface area contributed by atoms with Crippen LogP contribution in [0.5, 0.6) is 0 Å². The van der Waals surface area contributed by atoms with Gasteiger partial charge in [0.05, 0.1) is 24.8 Å². The van der Waals surface area contributed by atoms with E-state index < -0.39 is 12.2 Å². The summed E-state index contributed by atoms with van der Waals surface area (Å²) >= 11 is 0. The number of amides is 1. The second-order valence-electron chi connectivity index (χ2n) is 5.29. The Kier molecular flexibility index (Phi) is 4.11. The fraction of sp³-hybridized carbons (Fsp3) is 0.312. The smallest absolute Gasteiger partial charge is 0.257 e. The van der Waals surface area contributed by atoms with Crippen LogP contribution in [0.4, 0.5) is 4.39 Å². The summed E-state index contributed by atoms with van der Waals surface area (Å²) in [5, 5.41) is 9.25. The van der Waals surface area contributed by atoms with Gasteiger partial charge in [0, 0.05) is 24.4 Å². The molecule has 1 aliphatic heterocycles. The Bertz CT molecular complexity index is 648. The molecule has 1 amide bonds. The van der Waals surface area contributed by atoms with Crippen LogP contribution < -0.4 is 0 Å². The lowest BCUT2D eigenvalue weighted by molar-refractivity contribution is 0.0672. The molecule has 1 N–H and O–H groups in total. The Morgan fingerprint density at radius 3 is 2.59 bits per heavy atom. The first-order chi connectivity index (χ1) is 10.7. The highest BCUT2D eigenvalue weighted by atomic mass is 19.1. The lowest BCUT2D eigenvalue weighted by Gasteiger charge is -2.22. The van der Waals surface area contributed by atoms with Gasteiger partial charge in [-0.15, -0.1) is 0 Å². The lowest BCUT2D eigenvalue weighted by Crippen LogP contribution is -2.38. The van der Waals surface area contributed by atoms with Crippen molar-refractivity contribution in [3.05, 3.63) is 48.3 Å². The van der Waals surface area contributed by atoms with Gasteiger partial charge in [-0.05, 0) is 0 Å². The molecule has 1 aromatic heterocycles. The molecular weight excluding hydrogens is 285 g/mol. The number of carbonyl (C=O) groups excluding carboxylic acids is 1. The summed E-state index contributed by atoms with van der Waals surface area (Å²) < 4.78 is 13.4. The van der Waals surface area contributed by atoms with E-state index in [1.165, 1.54) is 17.3 Å². The van der Waals surface area contributed by atoms with Gasteiger partial charge in [-0.2, -0.15) is 0 Å². The molecule has 0 radical (unpaired) electrons. The summed E-state index contributed by atoms with van der Waals surface area (Å²) in [6, 6.07) is 8.96. The maximum absolute atomic E-state index is 13.4. The monoisotopic (exact) mass is 301 g/mol. The van der Waals surface area contributed by atoms with Crippen LogP contribution in [0.2, 0.25) is 0 Å². The standard InChI is InChI=1S/C16H16FN3O2/c17-13-6-14(10-21)20(9-13)16(22)12-7-18-15(19-8-12)11-4-2-1-3-5-11/h1-5,7-8,13-14,21H,6,9-10H2/t13-,14-/m0/s1. The number of rotatable bonds is 3. The van der Waals surface area contributed by atoms with Gasteiger partial charge in [-0.1, -0.05) is 30.3 Å². The molecule has 3 rings (SSSR count). The van der Waals surface area contributed by atoms with Crippen LogP contribution >= 0.6 is 0 Å². The van der Waals surface area contributed by atoms with E-state index in [1.54, 1.807) is 0 Å². The number of aliphatic hydroxyl groups is 1. The highest BCUT2D eigenvalue weighted by molar-refractivity contribution is 5.94. The molecule has 0 aliphatic carbocycles. The van der Waals surface area contributed by atoms with E-state index in [2.05, 4.69) is 9.97 Å². The molecule has 1 aliphatic rings. The summed E-state index contributed by atoms with van der Waals surface area (Å²) in [7, 11) is 0. The third-order valence-corrected chi connectivity index (χ3v) is 3.77. The molecule has 1 aromatic carbocycles. The highest BCUT2D eigenvalue weighted by Gasteiger charge is 2.35. The number of alkyl halides is 1. The highest BCUT2D eigenvalue weighted by Crippen LogP contribution is 2.22. The Hall–Kier alpha value is -2.34. The topological polar surface area (TPSA) is 66.3 Å². The lowest BCUT2D eigenvalue weighted by atomic mass is 10.2. The van der Waals surface area contributed by atoms with Crippen molar-refractivity contribution >= 4 is 5.91 Å². The van der Waals surface area contributed by atoms with Gasteiger partial charge < -0.3 is 10.0 Å². The minimum absolute atomic E-state index is 0.00446. The Balaban J connectivity index is 1.79. The second-order valence-corrected chi connectivity index (χ2v) is 5.29. The van der Waals surface area contributed by atoms with Crippen molar-refractivity contribution in [1.29, 1.82) is 0 Å². The number of likely N-dealkylation sites (tertiary alicyclic amines) is 1. The van der Waals surface area contributed by atoms with Crippen molar-refractivity contribution in [2.45, 2.75) is 18.6 Å². The van der Waals surface area contributed by atoms with E-state index in [0.29, 0.717) is 11.4 Å². The molecule has 2 aromatic rings. The van der Waals surface area contributed by atoms with Crippen LogP contribution in [0.15, 0.2) is 42.7 Å². The van der Waals surface area contributed by atoms with Gasteiger partial charge in [0.1, 0.15) is 6.17 Å². The molecule has 114 valence electrons. The Labute approximate surface area is 127 Å². The number of benzene rings is 1. The molecule has 22 heavy (non-hydrogen) atoms. The molecule has 2 atom stereocenters. The van der Waals surface area contributed by atoms with Gasteiger partial charge in [0.25, 0.3) is 5.91 Å². The predicted octanol–water partition coefficient (Wildman–Crippen LogP) is 1.69. The first kappa shape index (κ1) is 14.6. The van der Waals surface area contributed by atoms with Gasteiger partial charge in [0.15, 0.2) is 5.82 Å². The maximum Gasteiger partial charge on any atom is 0.257 e. The molecule has 0 spiro atoms. The molecule has 0 unspecified atom stereocenters. The summed E-state index contributed by atoms with van der Waals surface area (Å²) in [6.45, 7) is -0.236. The Morgan fingerprint density at radius 2 is 1.95 bits per heavy atom. The molecule has 1 saturated heterocycles. The number of hydrogen-bond donors (Lipinski definition) is 1. The first-order valence-corrected chi connectivity index (χ1v) is 7.12. The summed E-state index contributed by atoms with van der Waals surface area (Å²) in [5.74, 6) is 0.180. The van der Waals surface area contributed by atoms with E-state index in [1.807, 2.05) is 30.3 Å². The zero-order chi connectivity index (χ0) is 15.5. The Morgan fingerprint density at radius 1 is 1.27 bits per heavy atom. The largest absolute Gasteiger partial charge is 0.394 e. The number of aliphatic hydroxyl groups excluding tert-OH is 1. The normalized spacial score (nSPS) is 21.1. The van der Waals surface area contributed by atoms with E-state index >= 15 is 0 Å². The van der Waals surface area contributed by atoms with Crippen LogP contribution in [0, 0.1) is 0 Å². The zero-order valence-electron chi connectivity index (χ0n) is 11.9. The van der Waals surface area contributed by atoms with E-state index in [9.17, 15) is 14.3 Å². The van der Waals surface area contributed by atoms with Gasteiger partial charge in [-0.25, -0.2) is 14.4 Å². The molecule has 1 fully saturated rings. The fourth-order valence-electron chi connectivity index (χ4n) is 2.62. The third kappa shape index (κ3) is 2.82. The number of hydrogen-bond acceptors (Lipinski definition) is 4. The molecule has 6 heteroatoms. The predicted molar refractivity (Wildman–Crippen MR) is 78.9 cm³/mol. The van der Waals surface area contributed by atoms with E-state index in [0.717, 1.165) is 5.56 Å². The van der Waals surface area contributed by atoms with Crippen LogP contribution in [0.3, 0.4) is 0 Å². The molecular formula is C16H16FN3O2. The molecule has 0 saturated carbocycles. The average Bonchev–Trinajstić information content (AvgIpc) is 2.96. The fourth-order valence-corrected chi connectivity index (χ4v) is 2.62. The minimum Gasteiger partial charge on any atom is -0.394 e.